The van der Waals surface area contributed by atoms with E-state index in [4.69, 9.17) is 18.9 Å². The summed E-state index contributed by atoms with van der Waals surface area (Å²) < 4.78 is 21.5. The molecule has 2 aliphatic rings. The Morgan fingerprint density at radius 2 is 1.11 bits per heavy atom. The molecule has 0 spiro atoms. The molecule has 162 valence electrons. The summed E-state index contributed by atoms with van der Waals surface area (Å²) in [5.41, 5.74) is 0. The molecule has 2 rings (SSSR count). The Balaban J connectivity index is 1.48. The Kier molecular flexibility index (Phi) is 10.8. The number of carbonyl (C=O) groups excluding carboxylic acids is 2. The van der Waals surface area contributed by atoms with Crippen molar-refractivity contribution in [2.45, 2.75) is 51.7 Å². The van der Waals surface area contributed by atoms with Gasteiger partial charge in [-0.25, -0.2) is 0 Å². The maximum atomic E-state index is 11.9. The summed E-state index contributed by atoms with van der Waals surface area (Å²) in [6.45, 7) is 11.8. The van der Waals surface area contributed by atoms with E-state index in [1.165, 1.54) is 0 Å². The standard InChI is InChI=1S/C20H36N2O6/c1-17(15-21-7-11-25-12-8-21)27-19(23)5-3-4-6-20(24)28-18(2)16-22-9-13-26-14-10-22/h17-18H,3-16H2,1-2H3. The van der Waals surface area contributed by atoms with E-state index in [2.05, 4.69) is 9.80 Å². The molecule has 0 N–H and O–H groups in total. The molecular formula is C20H36N2O6. The van der Waals surface area contributed by atoms with E-state index >= 15 is 0 Å². The van der Waals surface area contributed by atoms with Gasteiger partial charge in [-0.2, -0.15) is 0 Å². The van der Waals surface area contributed by atoms with Crippen LogP contribution in [0, 0.1) is 0 Å². The second kappa shape index (κ2) is 13.1. The van der Waals surface area contributed by atoms with Crippen LogP contribution in [0.4, 0.5) is 0 Å². The highest BCUT2D eigenvalue weighted by Crippen LogP contribution is 2.08. The van der Waals surface area contributed by atoms with Gasteiger partial charge in [0.25, 0.3) is 0 Å². The summed E-state index contributed by atoms with van der Waals surface area (Å²) in [6.07, 6.45) is 1.69. The van der Waals surface area contributed by atoms with Crippen LogP contribution in [0.15, 0.2) is 0 Å². The van der Waals surface area contributed by atoms with Crippen LogP contribution in [0.5, 0.6) is 0 Å². The normalized spacial score (nSPS) is 21.1. The van der Waals surface area contributed by atoms with Crippen molar-refractivity contribution in [1.29, 1.82) is 0 Å². The number of rotatable bonds is 11. The fourth-order valence-corrected chi connectivity index (χ4v) is 3.47. The third-order valence-corrected chi connectivity index (χ3v) is 4.92. The summed E-state index contributed by atoms with van der Waals surface area (Å²) in [4.78, 5) is 28.4. The van der Waals surface area contributed by atoms with Gasteiger partial charge in [0, 0.05) is 52.1 Å². The monoisotopic (exact) mass is 400 g/mol. The molecule has 2 heterocycles. The van der Waals surface area contributed by atoms with Crippen LogP contribution in [0.25, 0.3) is 0 Å². The minimum atomic E-state index is -0.199. The zero-order valence-corrected chi connectivity index (χ0v) is 17.4. The molecule has 0 amide bonds. The van der Waals surface area contributed by atoms with Gasteiger partial charge in [-0.1, -0.05) is 0 Å². The maximum absolute atomic E-state index is 11.9. The lowest BCUT2D eigenvalue weighted by Crippen LogP contribution is -2.41. The molecule has 0 aromatic heterocycles. The van der Waals surface area contributed by atoms with Gasteiger partial charge in [0.05, 0.1) is 26.4 Å². The van der Waals surface area contributed by atoms with Crippen molar-refractivity contribution in [3.63, 3.8) is 0 Å². The molecule has 0 bridgehead atoms. The first-order valence-corrected chi connectivity index (χ1v) is 10.5. The third-order valence-electron chi connectivity index (χ3n) is 4.92. The van der Waals surface area contributed by atoms with E-state index in [1.54, 1.807) is 0 Å². The molecular weight excluding hydrogens is 364 g/mol. The van der Waals surface area contributed by atoms with Gasteiger partial charge in [0.15, 0.2) is 0 Å². The van der Waals surface area contributed by atoms with Crippen LogP contribution in [-0.2, 0) is 28.5 Å². The van der Waals surface area contributed by atoms with Crippen LogP contribution in [0.2, 0.25) is 0 Å². The van der Waals surface area contributed by atoms with Crippen LogP contribution in [0.3, 0.4) is 0 Å². The highest BCUT2D eigenvalue weighted by molar-refractivity contribution is 5.70. The van der Waals surface area contributed by atoms with Gasteiger partial charge < -0.3 is 18.9 Å². The highest BCUT2D eigenvalue weighted by Gasteiger charge is 2.18. The Bertz CT molecular complexity index is 422. The maximum Gasteiger partial charge on any atom is 0.306 e. The lowest BCUT2D eigenvalue weighted by Gasteiger charge is -2.29. The van der Waals surface area contributed by atoms with Gasteiger partial charge in [-0.3, -0.25) is 19.4 Å². The number of nitrogens with zero attached hydrogens (tertiary/aromatic N) is 2. The lowest BCUT2D eigenvalue weighted by atomic mass is 10.2. The first kappa shape index (κ1) is 23.1. The van der Waals surface area contributed by atoms with E-state index in [-0.39, 0.29) is 24.1 Å². The molecule has 2 fully saturated rings. The average molecular weight is 401 g/mol. The van der Waals surface area contributed by atoms with Gasteiger partial charge in [0.2, 0.25) is 0 Å². The summed E-state index contributed by atoms with van der Waals surface area (Å²) in [6, 6.07) is 0. The number of hydrogen-bond donors (Lipinski definition) is 0. The summed E-state index contributed by atoms with van der Waals surface area (Å²) in [5, 5.41) is 0. The minimum absolute atomic E-state index is 0.128. The number of carbonyl (C=O) groups is 2. The number of hydrogen-bond acceptors (Lipinski definition) is 8. The van der Waals surface area contributed by atoms with Crippen molar-refractivity contribution >= 4 is 11.9 Å². The molecule has 8 nitrogen and oxygen atoms in total. The molecule has 8 heteroatoms. The van der Waals surface area contributed by atoms with Crippen molar-refractivity contribution < 1.29 is 28.5 Å². The largest absolute Gasteiger partial charge is 0.461 e. The fourth-order valence-electron chi connectivity index (χ4n) is 3.47. The molecule has 2 unspecified atom stereocenters. The van der Waals surface area contributed by atoms with Gasteiger partial charge >= 0.3 is 11.9 Å². The average Bonchev–Trinajstić information content (AvgIpc) is 2.66. The SMILES string of the molecule is CC(CN1CCOCC1)OC(=O)CCCCC(=O)OC(C)CN1CCOCC1. The molecule has 28 heavy (non-hydrogen) atoms. The van der Waals surface area contributed by atoms with E-state index in [9.17, 15) is 9.59 Å². The Morgan fingerprint density at radius 3 is 1.46 bits per heavy atom. The highest BCUT2D eigenvalue weighted by atomic mass is 16.5. The summed E-state index contributed by atoms with van der Waals surface area (Å²) in [5.74, 6) is -0.398. The number of morpholine rings is 2. The van der Waals surface area contributed by atoms with Gasteiger partial charge in [0.1, 0.15) is 12.2 Å². The molecule has 2 aliphatic heterocycles. The Labute approximate surface area is 168 Å². The first-order valence-electron chi connectivity index (χ1n) is 10.5. The number of unbranched alkanes of at least 4 members (excludes halogenated alkanes) is 1. The van der Waals surface area contributed by atoms with Crippen molar-refractivity contribution in [3.05, 3.63) is 0 Å². The second-order valence-electron chi connectivity index (χ2n) is 7.63. The summed E-state index contributed by atoms with van der Waals surface area (Å²) in [7, 11) is 0. The Morgan fingerprint density at radius 1 is 0.750 bits per heavy atom. The zero-order chi connectivity index (χ0) is 20.2. The zero-order valence-electron chi connectivity index (χ0n) is 17.4. The molecule has 0 saturated carbocycles. The van der Waals surface area contributed by atoms with Crippen molar-refractivity contribution in [2.24, 2.45) is 0 Å². The lowest BCUT2D eigenvalue weighted by molar-refractivity contribution is -0.151. The third kappa shape index (κ3) is 9.82. The van der Waals surface area contributed by atoms with Gasteiger partial charge in [-0.15, -0.1) is 0 Å². The fraction of sp³-hybridized carbons (Fsp3) is 0.900. The van der Waals surface area contributed by atoms with E-state index in [0.29, 0.717) is 25.7 Å². The Hall–Kier alpha value is -1.22. The second-order valence-corrected chi connectivity index (χ2v) is 7.63. The quantitative estimate of drug-likeness (QED) is 0.377. The number of esters is 2. The molecule has 0 aromatic rings. The molecule has 0 aromatic carbocycles. The molecule has 0 aliphatic carbocycles. The minimum Gasteiger partial charge on any atom is -0.461 e. The number of ether oxygens (including phenoxy) is 4. The first-order chi connectivity index (χ1) is 13.5. The van der Waals surface area contributed by atoms with Gasteiger partial charge in [-0.05, 0) is 26.7 Å². The van der Waals surface area contributed by atoms with Crippen LogP contribution >= 0.6 is 0 Å². The van der Waals surface area contributed by atoms with Crippen LogP contribution in [-0.4, -0.2) is 99.6 Å². The van der Waals surface area contributed by atoms with Crippen molar-refractivity contribution in [2.75, 3.05) is 65.7 Å². The predicted octanol–water partition coefficient (Wildman–Crippen LogP) is 1.07. The van der Waals surface area contributed by atoms with E-state index in [1.807, 2.05) is 13.8 Å². The van der Waals surface area contributed by atoms with Crippen LogP contribution < -0.4 is 0 Å². The molecule has 2 atom stereocenters. The summed E-state index contributed by atoms with van der Waals surface area (Å²) >= 11 is 0. The predicted molar refractivity (Wildman–Crippen MR) is 104 cm³/mol. The van der Waals surface area contributed by atoms with E-state index in [0.717, 1.165) is 65.7 Å². The topological polar surface area (TPSA) is 77.5 Å². The molecule has 2 saturated heterocycles. The smallest absolute Gasteiger partial charge is 0.306 e. The van der Waals surface area contributed by atoms with Crippen molar-refractivity contribution in [3.8, 4) is 0 Å². The molecule has 0 radical (unpaired) electrons. The van der Waals surface area contributed by atoms with Crippen molar-refractivity contribution in [1.82, 2.24) is 9.80 Å². The van der Waals surface area contributed by atoms with E-state index < -0.39 is 0 Å². The van der Waals surface area contributed by atoms with Crippen LogP contribution in [0.1, 0.15) is 39.5 Å².